The summed E-state index contributed by atoms with van der Waals surface area (Å²) in [6.07, 6.45) is -31.5. The van der Waals surface area contributed by atoms with Crippen LogP contribution in [0.2, 0.25) is 0 Å². The molecule has 3 saturated heterocycles. The number of rotatable bonds is 28. The maximum atomic E-state index is 15.1. The Kier molecular flexibility index (Phi) is 25.2. The lowest BCUT2D eigenvalue weighted by molar-refractivity contribution is -0.352. The molecule has 0 radical (unpaired) electrons. The molecule has 91 heavy (non-hydrogen) atoms. The van der Waals surface area contributed by atoms with Crippen LogP contribution in [0.25, 0.3) is 0 Å². The van der Waals surface area contributed by atoms with Crippen molar-refractivity contribution in [2.45, 2.75) is 166 Å². The molecule has 26 N–H and O–H groups in total. The topological polar surface area (TPSA) is 610 Å². The number of guanidine groups is 2. The van der Waals surface area contributed by atoms with E-state index >= 15 is 4.79 Å². The molecule has 0 saturated carbocycles. The standard InChI is InChI=1S/C54H80N12O25/c1-20(22-5-3-2-4-6-22)32(63-31(72)12-55)47(84)61-25(11-21-7-9-24(10-8-21)87-51-44(82)41(79)45(30(19-71)90-51)91-52-43(81)40(78)38(76)29(18-70)89-52)46(83)64-33(35(73)26-13-58-53(56)62-26)49(86)65-34(48(85)60-23(15-67)16-68)36(74)27-14-59-54(57)66(27)50-42(80)39(77)37(75)28(17-69)88-50/h2-10,15,20,23,25-30,32-45,50-52,68-71,73-82H,11-14,16-19,55H2,1H3,(H2,57,59)(H,60,85)(H,61,84)(H,63,72)(H,64,83)(H,65,86)(H3,56,58,62). The number of benzene rings is 2. The van der Waals surface area contributed by atoms with E-state index in [1.54, 1.807) is 37.3 Å². The van der Waals surface area contributed by atoms with E-state index in [1.807, 2.05) is 0 Å². The van der Waals surface area contributed by atoms with E-state index in [-0.39, 0.29) is 30.1 Å². The third-order valence-electron chi connectivity index (χ3n) is 16.2. The number of aliphatic hydroxyl groups excluding tert-OH is 14. The lowest BCUT2D eigenvalue weighted by atomic mass is 9.92. The number of amides is 5. The molecule has 7 rings (SSSR count). The number of carbonyl (C=O) groups excluding carboxylic acids is 6. The first-order chi connectivity index (χ1) is 43.3. The normalized spacial score (nSPS) is 32.6. The van der Waals surface area contributed by atoms with Gasteiger partial charge in [-0.2, -0.15) is 0 Å². The fourth-order valence-electron chi connectivity index (χ4n) is 10.9. The zero-order valence-electron chi connectivity index (χ0n) is 48.7. The first-order valence-electron chi connectivity index (χ1n) is 28.8. The Balaban J connectivity index is 1.18. The van der Waals surface area contributed by atoms with Crippen LogP contribution in [0.4, 0.5) is 0 Å². The molecule has 25 unspecified atom stereocenters. The number of hydrogen-bond donors (Lipinski definition) is 23. The third-order valence-corrected chi connectivity index (χ3v) is 16.2. The van der Waals surface area contributed by atoms with Gasteiger partial charge in [-0.15, -0.1) is 0 Å². The van der Waals surface area contributed by atoms with Gasteiger partial charge in [-0.05, 0) is 23.3 Å². The smallest absolute Gasteiger partial charge is 0.246 e. The van der Waals surface area contributed by atoms with Crippen LogP contribution < -0.4 is 53.8 Å². The summed E-state index contributed by atoms with van der Waals surface area (Å²) in [6.45, 7) is -3.44. The number of nitrogens with one attached hydrogen (secondary N) is 6. The summed E-state index contributed by atoms with van der Waals surface area (Å²) in [5, 5.41) is 164. The lowest BCUT2D eigenvalue weighted by Crippen LogP contribution is -2.70. The quantitative estimate of drug-likeness (QED) is 0.0352. The molecule has 0 aromatic heterocycles. The Morgan fingerprint density at radius 1 is 0.659 bits per heavy atom. The van der Waals surface area contributed by atoms with Crippen molar-refractivity contribution in [3.8, 4) is 5.75 Å². The number of hydrogen-bond acceptors (Lipinski definition) is 32. The third kappa shape index (κ3) is 16.6. The van der Waals surface area contributed by atoms with E-state index in [4.69, 9.17) is 40.9 Å². The maximum Gasteiger partial charge on any atom is 0.246 e. The van der Waals surface area contributed by atoms with Crippen LogP contribution in [0.1, 0.15) is 24.0 Å². The molecule has 5 aliphatic rings. The summed E-state index contributed by atoms with van der Waals surface area (Å²) in [4.78, 5) is 92.7. The van der Waals surface area contributed by atoms with Gasteiger partial charge in [-0.3, -0.25) is 34.0 Å². The van der Waals surface area contributed by atoms with Crippen molar-refractivity contribution in [2.24, 2.45) is 27.2 Å². The average molecular weight is 1300 g/mol. The molecule has 506 valence electrons. The molecule has 0 aliphatic carbocycles. The summed E-state index contributed by atoms with van der Waals surface area (Å²) in [7, 11) is 0. The second-order valence-electron chi connectivity index (χ2n) is 22.2. The molecular weight excluding hydrogens is 1220 g/mol. The van der Waals surface area contributed by atoms with Gasteiger partial charge in [0.15, 0.2) is 24.4 Å². The van der Waals surface area contributed by atoms with Gasteiger partial charge in [0.1, 0.15) is 128 Å². The second-order valence-corrected chi connectivity index (χ2v) is 22.2. The minimum atomic E-state index is -2.30. The summed E-state index contributed by atoms with van der Waals surface area (Å²) in [6, 6.07) is 1.33. The van der Waals surface area contributed by atoms with E-state index < -0.39 is 234 Å². The number of nitrogens with zero attached hydrogens (tertiary/aromatic N) is 3. The molecule has 3 fully saturated rings. The highest BCUT2D eigenvalue weighted by Gasteiger charge is 2.54. The number of ether oxygens (including phenoxy) is 5. The van der Waals surface area contributed by atoms with E-state index in [0.717, 1.165) is 4.90 Å². The first-order valence-corrected chi connectivity index (χ1v) is 28.8. The van der Waals surface area contributed by atoms with E-state index in [9.17, 15) is 95.5 Å². The van der Waals surface area contributed by atoms with Crippen LogP contribution in [-0.2, 0) is 54.1 Å². The van der Waals surface area contributed by atoms with Crippen molar-refractivity contribution in [3.63, 3.8) is 0 Å². The van der Waals surface area contributed by atoms with Gasteiger partial charge in [-0.25, -0.2) is 0 Å². The maximum absolute atomic E-state index is 15.1. The van der Waals surface area contributed by atoms with Crippen LogP contribution >= 0.6 is 0 Å². The highest BCUT2D eigenvalue weighted by Crippen LogP contribution is 2.32. The Labute approximate surface area is 517 Å². The molecule has 2 aromatic carbocycles. The fraction of sp³-hybridized carbons (Fsp3) is 0.630. The lowest BCUT2D eigenvalue weighted by Gasteiger charge is -2.46. The summed E-state index contributed by atoms with van der Waals surface area (Å²) >= 11 is 0. The molecular formula is C54H80N12O25. The van der Waals surface area contributed by atoms with E-state index in [2.05, 4.69) is 41.9 Å². The number of aliphatic imine (C=N–C) groups is 2. The summed E-state index contributed by atoms with van der Waals surface area (Å²) in [5.74, 6) is -7.44. The van der Waals surface area contributed by atoms with E-state index in [1.165, 1.54) is 24.3 Å². The Morgan fingerprint density at radius 3 is 1.82 bits per heavy atom. The van der Waals surface area contributed by atoms with Crippen molar-refractivity contribution in [1.29, 1.82) is 0 Å². The number of carbonyl (C=O) groups is 6. The second kappa shape index (κ2) is 32.1. The zero-order valence-corrected chi connectivity index (χ0v) is 48.7. The van der Waals surface area contributed by atoms with Crippen molar-refractivity contribution in [1.82, 2.24) is 36.8 Å². The van der Waals surface area contributed by atoms with Crippen molar-refractivity contribution in [2.75, 3.05) is 46.1 Å². The first kappa shape index (κ1) is 71.5. The number of aliphatic hydroxyl groups is 14. The van der Waals surface area contributed by atoms with Crippen LogP contribution in [0, 0.1) is 0 Å². The molecule has 37 heteroatoms. The predicted octanol–water partition coefficient (Wildman–Crippen LogP) is -13.6. The molecule has 0 spiro atoms. The zero-order chi connectivity index (χ0) is 66.7. The van der Waals surface area contributed by atoms with Crippen LogP contribution in [-0.4, -0.2) is 317 Å². The molecule has 2 aromatic rings. The summed E-state index contributed by atoms with van der Waals surface area (Å²) in [5.41, 5.74) is 18.5. The van der Waals surface area contributed by atoms with Crippen LogP contribution in [0.5, 0.6) is 5.75 Å². The van der Waals surface area contributed by atoms with Gasteiger partial charge in [-0.1, -0.05) is 49.4 Å². The van der Waals surface area contributed by atoms with Gasteiger partial charge in [0.2, 0.25) is 35.8 Å². The number of aldehydes is 1. The number of nitrogens with two attached hydrogens (primary N) is 3. The van der Waals surface area contributed by atoms with Crippen molar-refractivity contribution >= 4 is 47.7 Å². The Morgan fingerprint density at radius 2 is 1.23 bits per heavy atom. The molecule has 25 atom stereocenters. The van der Waals surface area contributed by atoms with Crippen LogP contribution in [0.3, 0.4) is 0 Å². The van der Waals surface area contributed by atoms with Gasteiger partial charge < -0.3 is 154 Å². The molecule has 5 aliphatic heterocycles. The van der Waals surface area contributed by atoms with Gasteiger partial charge in [0, 0.05) is 12.3 Å². The largest absolute Gasteiger partial charge is 0.462 e. The highest BCUT2D eigenvalue weighted by atomic mass is 16.7. The Hall–Kier alpha value is -6.96. The van der Waals surface area contributed by atoms with Crippen molar-refractivity contribution in [3.05, 3.63) is 65.7 Å². The molecule has 5 amide bonds. The predicted molar refractivity (Wildman–Crippen MR) is 305 cm³/mol. The molecule has 37 nitrogen and oxygen atoms in total. The van der Waals surface area contributed by atoms with E-state index in [0.29, 0.717) is 5.56 Å². The highest BCUT2D eigenvalue weighted by molar-refractivity contribution is 5.97. The van der Waals surface area contributed by atoms with Crippen molar-refractivity contribution < 1.29 is 124 Å². The van der Waals surface area contributed by atoms with Gasteiger partial charge in [0.25, 0.3) is 0 Å². The molecule has 0 bridgehead atoms. The summed E-state index contributed by atoms with van der Waals surface area (Å²) < 4.78 is 28.2. The minimum absolute atomic E-state index is 0.0796. The average Bonchev–Trinajstić information content (AvgIpc) is 1.86. The van der Waals surface area contributed by atoms with Crippen LogP contribution in [0.15, 0.2) is 64.6 Å². The Bertz CT molecular complexity index is 2830. The fourth-order valence-corrected chi connectivity index (χ4v) is 10.9. The molecule has 5 heterocycles. The SMILES string of the molecule is CC(c1ccccc1)C(NC(=O)CN)C(=O)NC(Cc1ccc(OC2OC(CO)C(OC3OC(CO)C(O)C(O)C3O)C(O)C2O)cc1)C(=O)NC(C(=O)NC(C(=O)NC(C=O)CO)C(O)C1CN=C(N)N1C1OC(CO)C(O)C(O)C1O)C(O)C1CN=C(N)N1. The monoisotopic (exact) mass is 1300 g/mol. The minimum Gasteiger partial charge on any atom is -0.462 e. The van der Waals surface area contributed by atoms with Gasteiger partial charge in [0.05, 0.1) is 58.1 Å². The van der Waals surface area contributed by atoms with Gasteiger partial charge >= 0.3 is 0 Å².